The molecule has 0 spiro atoms. The molecule has 0 saturated carbocycles. The lowest BCUT2D eigenvalue weighted by molar-refractivity contribution is 0.290. The van der Waals surface area contributed by atoms with Gasteiger partial charge in [-0.1, -0.05) is 27.7 Å². The van der Waals surface area contributed by atoms with Crippen LogP contribution < -0.4 is 4.74 Å². The van der Waals surface area contributed by atoms with Crippen LogP contribution in [0.2, 0.25) is 0 Å². The highest BCUT2D eigenvalue weighted by Crippen LogP contribution is 2.36. The van der Waals surface area contributed by atoms with Gasteiger partial charge in [0.15, 0.2) is 0 Å². The second kappa shape index (κ2) is 3.99. The molecule has 1 aromatic heterocycles. The minimum atomic E-state index is 0.0863. The summed E-state index contributed by atoms with van der Waals surface area (Å²) in [5, 5.41) is 0. The van der Waals surface area contributed by atoms with Gasteiger partial charge in [0.25, 0.3) is 0 Å². The Hall–Kier alpha value is -1.05. The summed E-state index contributed by atoms with van der Waals surface area (Å²) in [6.07, 6.45) is 1.90. The van der Waals surface area contributed by atoms with Gasteiger partial charge in [0, 0.05) is 11.6 Å². The highest BCUT2D eigenvalue weighted by Gasteiger charge is 2.33. The summed E-state index contributed by atoms with van der Waals surface area (Å²) in [4.78, 5) is 4.39. The normalized spacial score (nSPS) is 16.4. The molecule has 0 N–H and O–H groups in total. The zero-order valence-corrected chi connectivity index (χ0v) is 9.72. The largest absolute Gasteiger partial charge is 0.491 e. The summed E-state index contributed by atoms with van der Waals surface area (Å²) in [5.41, 5.74) is 2.34. The van der Waals surface area contributed by atoms with Crippen LogP contribution in [0, 0.1) is 6.92 Å². The molecule has 0 aromatic carbocycles. The minimum absolute atomic E-state index is 0.0863. The Morgan fingerprint density at radius 1 is 1.36 bits per heavy atom. The predicted molar refractivity (Wildman–Crippen MR) is 58.8 cm³/mol. The van der Waals surface area contributed by atoms with Crippen LogP contribution in [-0.4, -0.2) is 11.6 Å². The van der Waals surface area contributed by atoms with Crippen molar-refractivity contribution in [2.24, 2.45) is 0 Å². The molecular formula is C12H19NO. The fraction of sp³-hybridized carbons (Fsp3) is 0.583. The Balaban J connectivity index is 0.000000461. The van der Waals surface area contributed by atoms with E-state index in [1.54, 1.807) is 0 Å². The van der Waals surface area contributed by atoms with Gasteiger partial charge in [-0.05, 0) is 18.6 Å². The quantitative estimate of drug-likeness (QED) is 0.631. The Morgan fingerprint density at radius 2 is 2.00 bits per heavy atom. The molecule has 1 aliphatic rings. The van der Waals surface area contributed by atoms with E-state index in [1.807, 2.05) is 27.0 Å². The zero-order chi connectivity index (χ0) is 10.8. The number of ether oxygens (including phenoxy) is 1. The number of nitrogens with zero attached hydrogens (tertiary/aromatic N) is 1. The zero-order valence-electron chi connectivity index (χ0n) is 9.72. The standard InChI is InChI=1S/C10H13NO.C2H6/c1-7-4-8-9(11-5-7)10(2,3)6-12-8;1-2/h4-5H,6H2,1-3H3;1-2H3. The van der Waals surface area contributed by atoms with Crippen LogP contribution in [0.3, 0.4) is 0 Å². The third-order valence-electron chi connectivity index (χ3n) is 2.22. The van der Waals surface area contributed by atoms with Crippen molar-refractivity contribution in [3.63, 3.8) is 0 Å². The number of aromatic nitrogens is 1. The van der Waals surface area contributed by atoms with E-state index in [2.05, 4.69) is 24.9 Å². The molecule has 1 aromatic rings. The lowest BCUT2D eigenvalue weighted by Gasteiger charge is -2.13. The summed E-state index contributed by atoms with van der Waals surface area (Å²) in [6, 6.07) is 2.05. The second-order valence-corrected chi connectivity index (χ2v) is 4.03. The first kappa shape index (κ1) is 11.0. The maximum atomic E-state index is 5.53. The fourth-order valence-corrected chi connectivity index (χ4v) is 1.49. The van der Waals surface area contributed by atoms with Crippen LogP contribution in [0.5, 0.6) is 5.75 Å². The van der Waals surface area contributed by atoms with Crippen LogP contribution in [0.1, 0.15) is 39.0 Å². The van der Waals surface area contributed by atoms with Crippen LogP contribution >= 0.6 is 0 Å². The Morgan fingerprint density at radius 3 is 2.64 bits per heavy atom. The number of pyridine rings is 1. The van der Waals surface area contributed by atoms with E-state index in [4.69, 9.17) is 4.74 Å². The highest BCUT2D eigenvalue weighted by molar-refractivity contribution is 5.39. The van der Waals surface area contributed by atoms with Crippen molar-refractivity contribution in [1.29, 1.82) is 0 Å². The fourth-order valence-electron chi connectivity index (χ4n) is 1.49. The van der Waals surface area contributed by atoms with E-state index in [9.17, 15) is 0 Å². The summed E-state index contributed by atoms with van der Waals surface area (Å²) >= 11 is 0. The molecule has 2 heterocycles. The van der Waals surface area contributed by atoms with E-state index < -0.39 is 0 Å². The van der Waals surface area contributed by atoms with Crippen LogP contribution in [0.4, 0.5) is 0 Å². The van der Waals surface area contributed by atoms with Gasteiger partial charge in [-0.3, -0.25) is 4.98 Å². The number of hydrogen-bond acceptors (Lipinski definition) is 2. The third kappa shape index (κ3) is 1.89. The smallest absolute Gasteiger partial charge is 0.141 e. The van der Waals surface area contributed by atoms with Gasteiger partial charge < -0.3 is 4.74 Å². The van der Waals surface area contributed by atoms with Gasteiger partial charge in [0.1, 0.15) is 5.75 Å². The van der Waals surface area contributed by atoms with Crippen molar-refractivity contribution in [2.75, 3.05) is 6.61 Å². The molecule has 78 valence electrons. The molecule has 1 aliphatic heterocycles. The summed E-state index contributed by atoms with van der Waals surface area (Å²) < 4.78 is 5.53. The molecule has 0 bridgehead atoms. The molecule has 2 nitrogen and oxygen atoms in total. The first-order chi connectivity index (χ1) is 6.59. The monoisotopic (exact) mass is 193 g/mol. The molecule has 0 amide bonds. The second-order valence-electron chi connectivity index (χ2n) is 4.03. The van der Waals surface area contributed by atoms with Crippen molar-refractivity contribution >= 4 is 0 Å². The first-order valence-electron chi connectivity index (χ1n) is 5.19. The van der Waals surface area contributed by atoms with Crippen molar-refractivity contribution in [1.82, 2.24) is 4.98 Å². The van der Waals surface area contributed by atoms with E-state index in [0.717, 1.165) is 23.6 Å². The number of aryl methyl sites for hydroxylation is 1. The lowest BCUT2D eigenvalue weighted by Crippen LogP contribution is -2.19. The average Bonchev–Trinajstić information content (AvgIpc) is 2.45. The van der Waals surface area contributed by atoms with Crippen molar-refractivity contribution in [3.05, 3.63) is 23.5 Å². The molecule has 0 radical (unpaired) electrons. The third-order valence-corrected chi connectivity index (χ3v) is 2.22. The number of rotatable bonds is 0. The highest BCUT2D eigenvalue weighted by atomic mass is 16.5. The van der Waals surface area contributed by atoms with Crippen LogP contribution in [0.25, 0.3) is 0 Å². The molecule has 2 rings (SSSR count). The van der Waals surface area contributed by atoms with Gasteiger partial charge in [0.05, 0.1) is 12.3 Å². The first-order valence-corrected chi connectivity index (χ1v) is 5.19. The summed E-state index contributed by atoms with van der Waals surface area (Å²) in [7, 11) is 0. The lowest BCUT2D eigenvalue weighted by atomic mass is 9.91. The topological polar surface area (TPSA) is 22.1 Å². The Bertz CT molecular complexity index is 318. The van der Waals surface area contributed by atoms with Gasteiger partial charge >= 0.3 is 0 Å². The predicted octanol–water partition coefficient (Wildman–Crippen LogP) is 3.09. The van der Waals surface area contributed by atoms with Crippen molar-refractivity contribution in [2.45, 2.75) is 40.0 Å². The van der Waals surface area contributed by atoms with E-state index in [0.29, 0.717) is 0 Å². The van der Waals surface area contributed by atoms with Gasteiger partial charge in [-0.25, -0.2) is 0 Å². The molecule has 2 heteroatoms. The Kier molecular flexibility index (Phi) is 3.14. The Labute approximate surface area is 86.3 Å². The maximum Gasteiger partial charge on any atom is 0.141 e. The minimum Gasteiger partial charge on any atom is -0.491 e. The van der Waals surface area contributed by atoms with E-state index in [-0.39, 0.29) is 5.41 Å². The van der Waals surface area contributed by atoms with Crippen molar-refractivity contribution < 1.29 is 4.74 Å². The molecule has 0 fully saturated rings. The average molecular weight is 193 g/mol. The van der Waals surface area contributed by atoms with Gasteiger partial charge in [-0.2, -0.15) is 0 Å². The van der Waals surface area contributed by atoms with Gasteiger partial charge in [-0.15, -0.1) is 0 Å². The van der Waals surface area contributed by atoms with Crippen LogP contribution in [-0.2, 0) is 5.41 Å². The van der Waals surface area contributed by atoms with Crippen molar-refractivity contribution in [3.8, 4) is 5.75 Å². The SMILES string of the molecule is CC.Cc1cnc2c(c1)OCC2(C)C. The molecular weight excluding hydrogens is 174 g/mol. The molecule has 0 aliphatic carbocycles. The van der Waals surface area contributed by atoms with E-state index in [1.165, 1.54) is 0 Å². The van der Waals surface area contributed by atoms with Crippen LogP contribution in [0.15, 0.2) is 12.3 Å². The molecule has 0 saturated heterocycles. The van der Waals surface area contributed by atoms with E-state index >= 15 is 0 Å². The molecule has 0 atom stereocenters. The summed E-state index contributed by atoms with van der Waals surface area (Å²) in [6.45, 7) is 11.1. The molecule has 0 unspecified atom stereocenters. The summed E-state index contributed by atoms with van der Waals surface area (Å²) in [5.74, 6) is 0.958. The number of fused-ring (bicyclic) bond motifs is 1. The molecule has 14 heavy (non-hydrogen) atoms. The number of hydrogen-bond donors (Lipinski definition) is 0. The van der Waals surface area contributed by atoms with Gasteiger partial charge in [0.2, 0.25) is 0 Å². The maximum absolute atomic E-state index is 5.53.